The second kappa shape index (κ2) is 8.82. The third-order valence-electron chi connectivity index (χ3n) is 3.81. The Bertz CT molecular complexity index is 462. The van der Waals surface area contributed by atoms with Gasteiger partial charge < -0.3 is 24.3 Å². The van der Waals surface area contributed by atoms with Crippen molar-refractivity contribution in [3.05, 3.63) is 17.7 Å². The lowest BCUT2D eigenvalue weighted by atomic mass is 10.1. The van der Waals surface area contributed by atoms with Crippen LogP contribution in [-0.2, 0) is 11.3 Å². The summed E-state index contributed by atoms with van der Waals surface area (Å²) in [6.45, 7) is 6.39. The van der Waals surface area contributed by atoms with Crippen molar-refractivity contribution in [1.29, 1.82) is 0 Å². The van der Waals surface area contributed by atoms with Crippen LogP contribution in [-0.4, -0.2) is 65.6 Å². The van der Waals surface area contributed by atoms with Gasteiger partial charge in [0.15, 0.2) is 11.5 Å². The van der Waals surface area contributed by atoms with Gasteiger partial charge in [0.05, 0.1) is 34.5 Å². The van der Waals surface area contributed by atoms with E-state index in [4.69, 9.17) is 18.9 Å². The Morgan fingerprint density at radius 2 is 1.77 bits per heavy atom. The Hall–Kier alpha value is -1.50. The minimum atomic E-state index is 0.637. The molecule has 0 radical (unpaired) electrons. The van der Waals surface area contributed by atoms with Gasteiger partial charge in [0.1, 0.15) is 0 Å². The molecule has 0 spiro atoms. The second-order valence-electron chi connectivity index (χ2n) is 5.12. The van der Waals surface area contributed by atoms with E-state index in [9.17, 15) is 0 Å². The van der Waals surface area contributed by atoms with Crippen molar-refractivity contribution in [2.45, 2.75) is 6.54 Å². The van der Waals surface area contributed by atoms with Crippen molar-refractivity contribution >= 4 is 0 Å². The number of benzene rings is 1. The first kappa shape index (κ1) is 16.9. The molecule has 0 bridgehead atoms. The number of morpholine rings is 1. The minimum Gasteiger partial charge on any atom is -0.493 e. The van der Waals surface area contributed by atoms with Gasteiger partial charge in [0.25, 0.3) is 0 Å². The normalized spacial score (nSPS) is 15.6. The zero-order chi connectivity index (χ0) is 15.8. The van der Waals surface area contributed by atoms with Gasteiger partial charge in [-0.15, -0.1) is 0 Å². The van der Waals surface area contributed by atoms with Gasteiger partial charge in [-0.2, -0.15) is 0 Å². The summed E-state index contributed by atoms with van der Waals surface area (Å²) in [5, 5.41) is 3.45. The summed E-state index contributed by atoms with van der Waals surface area (Å²) in [6, 6.07) is 3.91. The number of methoxy groups -OCH3 is 3. The summed E-state index contributed by atoms with van der Waals surface area (Å²) >= 11 is 0. The molecule has 1 aliphatic rings. The van der Waals surface area contributed by atoms with Crippen molar-refractivity contribution in [2.24, 2.45) is 0 Å². The van der Waals surface area contributed by atoms with Crippen LogP contribution in [0.2, 0.25) is 0 Å². The first-order valence-corrected chi connectivity index (χ1v) is 7.58. The van der Waals surface area contributed by atoms with Gasteiger partial charge in [-0.05, 0) is 6.07 Å². The van der Waals surface area contributed by atoms with E-state index in [1.165, 1.54) is 0 Å². The molecule has 1 heterocycles. The molecule has 1 N–H and O–H groups in total. The number of nitrogens with one attached hydrogen (secondary N) is 1. The molecular formula is C16H26N2O4. The molecule has 0 aliphatic carbocycles. The molecule has 1 aromatic carbocycles. The lowest BCUT2D eigenvalue weighted by molar-refractivity contribution is 0.0384. The van der Waals surface area contributed by atoms with Gasteiger partial charge in [-0.25, -0.2) is 0 Å². The molecule has 124 valence electrons. The largest absolute Gasteiger partial charge is 0.493 e. The van der Waals surface area contributed by atoms with Crippen LogP contribution in [0, 0.1) is 0 Å². The van der Waals surface area contributed by atoms with E-state index in [-0.39, 0.29) is 0 Å². The smallest absolute Gasteiger partial charge is 0.203 e. The van der Waals surface area contributed by atoms with Gasteiger partial charge in [0.2, 0.25) is 5.75 Å². The van der Waals surface area contributed by atoms with Crippen LogP contribution in [0.4, 0.5) is 0 Å². The van der Waals surface area contributed by atoms with Gasteiger partial charge in [-0.1, -0.05) is 6.07 Å². The van der Waals surface area contributed by atoms with Crippen molar-refractivity contribution in [3.8, 4) is 17.2 Å². The van der Waals surface area contributed by atoms with Crippen LogP contribution < -0.4 is 19.5 Å². The van der Waals surface area contributed by atoms with Crippen LogP contribution in [0.1, 0.15) is 5.56 Å². The summed E-state index contributed by atoms with van der Waals surface area (Å²) in [7, 11) is 4.89. The molecule has 1 saturated heterocycles. The third kappa shape index (κ3) is 4.25. The molecular weight excluding hydrogens is 284 g/mol. The van der Waals surface area contributed by atoms with Crippen LogP contribution >= 0.6 is 0 Å². The van der Waals surface area contributed by atoms with Gasteiger partial charge in [0, 0.05) is 38.3 Å². The Morgan fingerprint density at radius 1 is 1.05 bits per heavy atom. The maximum Gasteiger partial charge on any atom is 0.203 e. The van der Waals surface area contributed by atoms with E-state index in [0.29, 0.717) is 11.5 Å². The lowest BCUT2D eigenvalue weighted by Crippen LogP contribution is -2.40. The fraction of sp³-hybridized carbons (Fsp3) is 0.625. The summed E-state index contributed by atoms with van der Waals surface area (Å²) in [4.78, 5) is 2.41. The maximum absolute atomic E-state index is 5.48. The Kier molecular flexibility index (Phi) is 6.76. The molecule has 1 fully saturated rings. The predicted octanol–water partition coefficient (Wildman–Crippen LogP) is 1.13. The summed E-state index contributed by atoms with van der Waals surface area (Å²) < 4.78 is 21.5. The minimum absolute atomic E-state index is 0.637. The first-order valence-electron chi connectivity index (χ1n) is 7.58. The monoisotopic (exact) mass is 310 g/mol. The average molecular weight is 310 g/mol. The topological polar surface area (TPSA) is 52.2 Å². The number of rotatable bonds is 8. The summed E-state index contributed by atoms with van der Waals surface area (Å²) in [5.74, 6) is 2.04. The van der Waals surface area contributed by atoms with Crippen molar-refractivity contribution in [1.82, 2.24) is 10.2 Å². The predicted molar refractivity (Wildman–Crippen MR) is 85.1 cm³/mol. The lowest BCUT2D eigenvalue weighted by Gasteiger charge is -2.26. The molecule has 0 amide bonds. The number of nitrogens with zero attached hydrogens (tertiary/aromatic N) is 1. The van der Waals surface area contributed by atoms with Crippen LogP contribution in [0.25, 0.3) is 0 Å². The zero-order valence-electron chi connectivity index (χ0n) is 13.7. The molecule has 0 unspecified atom stereocenters. The highest BCUT2D eigenvalue weighted by Crippen LogP contribution is 2.39. The molecule has 0 atom stereocenters. The highest BCUT2D eigenvalue weighted by atomic mass is 16.5. The molecule has 22 heavy (non-hydrogen) atoms. The van der Waals surface area contributed by atoms with E-state index in [1.54, 1.807) is 21.3 Å². The van der Waals surface area contributed by atoms with E-state index >= 15 is 0 Å². The average Bonchev–Trinajstić information content (AvgIpc) is 2.58. The van der Waals surface area contributed by atoms with E-state index in [1.807, 2.05) is 12.1 Å². The quantitative estimate of drug-likeness (QED) is 0.727. The standard InChI is InChI=1S/C16H26N2O4/c1-19-14-5-4-13(15(20-2)16(14)21-3)12-17-6-7-18-8-10-22-11-9-18/h4-5,17H,6-12H2,1-3H3. The summed E-state index contributed by atoms with van der Waals surface area (Å²) in [6.07, 6.45) is 0. The van der Waals surface area contributed by atoms with Crippen LogP contribution in [0.5, 0.6) is 17.2 Å². The maximum atomic E-state index is 5.48. The Morgan fingerprint density at radius 3 is 2.41 bits per heavy atom. The number of ether oxygens (including phenoxy) is 4. The van der Waals surface area contributed by atoms with Crippen molar-refractivity contribution in [3.63, 3.8) is 0 Å². The summed E-state index contributed by atoms with van der Waals surface area (Å²) in [5.41, 5.74) is 1.06. The zero-order valence-corrected chi connectivity index (χ0v) is 13.7. The van der Waals surface area contributed by atoms with Crippen molar-refractivity contribution in [2.75, 3.05) is 60.7 Å². The van der Waals surface area contributed by atoms with Gasteiger partial charge >= 0.3 is 0 Å². The van der Waals surface area contributed by atoms with Crippen molar-refractivity contribution < 1.29 is 18.9 Å². The first-order chi connectivity index (χ1) is 10.8. The third-order valence-corrected chi connectivity index (χ3v) is 3.81. The molecule has 0 saturated carbocycles. The fourth-order valence-corrected chi connectivity index (χ4v) is 2.59. The molecule has 1 aliphatic heterocycles. The molecule has 0 aromatic heterocycles. The fourth-order valence-electron chi connectivity index (χ4n) is 2.59. The second-order valence-corrected chi connectivity index (χ2v) is 5.12. The number of hydrogen-bond acceptors (Lipinski definition) is 6. The molecule has 6 heteroatoms. The Labute approximate surface area is 132 Å². The molecule has 1 aromatic rings. The number of hydrogen-bond donors (Lipinski definition) is 1. The van der Waals surface area contributed by atoms with E-state index in [0.717, 1.165) is 57.3 Å². The van der Waals surface area contributed by atoms with E-state index in [2.05, 4.69) is 10.2 Å². The SMILES string of the molecule is COc1ccc(CNCCN2CCOCC2)c(OC)c1OC. The van der Waals surface area contributed by atoms with Crippen LogP contribution in [0.15, 0.2) is 12.1 Å². The molecule has 2 rings (SSSR count). The highest BCUT2D eigenvalue weighted by Gasteiger charge is 2.15. The van der Waals surface area contributed by atoms with Crippen LogP contribution in [0.3, 0.4) is 0 Å². The van der Waals surface area contributed by atoms with E-state index < -0.39 is 0 Å². The Balaban J connectivity index is 1.89. The van der Waals surface area contributed by atoms with Gasteiger partial charge in [-0.3, -0.25) is 4.90 Å². The molecule has 6 nitrogen and oxygen atoms in total. The highest BCUT2D eigenvalue weighted by molar-refractivity contribution is 5.55.